The van der Waals surface area contributed by atoms with Crippen LogP contribution < -0.4 is 4.90 Å². The molecule has 120 valence electrons. The summed E-state index contributed by atoms with van der Waals surface area (Å²) in [6.45, 7) is 1.88. The van der Waals surface area contributed by atoms with Crippen molar-refractivity contribution < 1.29 is 9.72 Å². The topological polar surface area (TPSA) is 63.5 Å². The van der Waals surface area contributed by atoms with Gasteiger partial charge in [0.1, 0.15) is 5.69 Å². The number of nitrogens with zero attached hydrogens (tertiary/aromatic N) is 2. The van der Waals surface area contributed by atoms with Crippen molar-refractivity contribution >= 4 is 40.5 Å². The molecule has 0 aliphatic carbocycles. The molecular formula is C16H14Cl2N2O3. The van der Waals surface area contributed by atoms with Crippen molar-refractivity contribution in [1.29, 1.82) is 0 Å². The number of carbonyl (C=O) groups excluding carboxylic acids is 1. The van der Waals surface area contributed by atoms with Crippen LogP contribution in [-0.4, -0.2) is 15.7 Å². The lowest BCUT2D eigenvalue weighted by molar-refractivity contribution is -0.384. The van der Waals surface area contributed by atoms with Gasteiger partial charge in [0, 0.05) is 6.07 Å². The second kappa shape index (κ2) is 7.44. The van der Waals surface area contributed by atoms with E-state index in [4.69, 9.17) is 23.2 Å². The number of anilines is 1. The van der Waals surface area contributed by atoms with Gasteiger partial charge < -0.3 is 0 Å². The third-order valence-electron chi connectivity index (χ3n) is 3.25. The van der Waals surface area contributed by atoms with Gasteiger partial charge in [-0.15, -0.1) is 0 Å². The van der Waals surface area contributed by atoms with E-state index in [-0.39, 0.29) is 17.9 Å². The molecule has 0 bridgehead atoms. The number of rotatable bonds is 5. The molecule has 0 spiro atoms. The molecular weight excluding hydrogens is 339 g/mol. The van der Waals surface area contributed by atoms with Gasteiger partial charge in [0.2, 0.25) is 0 Å². The smallest absolute Gasteiger partial charge is 0.293 e. The van der Waals surface area contributed by atoms with Crippen molar-refractivity contribution in [2.75, 3.05) is 4.90 Å². The summed E-state index contributed by atoms with van der Waals surface area (Å²) in [4.78, 5) is 23.1. The Morgan fingerprint density at radius 3 is 2.43 bits per heavy atom. The van der Waals surface area contributed by atoms with Crippen LogP contribution in [0.4, 0.5) is 11.4 Å². The standard InChI is InChI=1S/C16H14Cl2N2O3/c1-11-7-8-13(14(9-11)20(22)23)19(16(21)15(17)18)10-12-5-3-2-4-6-12/h2-9,15H,10H2,1H3. The fraction of sp³-hybridized carbons (Fsp3) is 0.188. The molecule has 0 heterocycles. The highest BCUT2D eigenvalue weighted by atomic mass is 35.5. The Labute approximate surface area is 143 Å². The van der Waals surface area contributed by atoms with Gasteiger partial charge in [0.25, 0.3) is 11.6 Å². The van der Waals surface area contributed by atoms with Gasteiger partial charge in [-0.2, -0.15) is 0 Å². The molecule has 2 aromatic rings. The number of amides is 1. The van der Waals surface area contributed by atoms with E-state index in [1.807, 2.05) is 30.3 Å². The fourth-order valence-electron chi connectivity index (χ4n) is 2.17. The molecule has 0 N–H and O–H groups in total. The SMILES string of the molecule is Cc1ccc(N(Cc2ccccc2)C(=O)C(Cl)Cl)c([N+](=O)[O-])c1. The number of hydrogen-bond acceptors (Lipinski definition) is 3. The molecule has 0 aromatic heterocycles. The minimum absolute atomic E-state index is 0.138. The molecule has 2 rings (SSSR count). The Bertz CT molecular complexity index is 721. The monoisotopic (exact) mass is 352 g/mol. The average Bonchev–Trinajstić information content (AvgIpc) is 2.53. The van der Waals surface area contributed by atoms with Crippen molar-refractivity contribution in [2.24, 2.45) is 0 Å². The molecule has 0 atom stereocenters. The number of hydrogen-bond donors (Lipinski definition) is 0. The van der Waals surface area contributed by atoms with Crippen LogP contribution in [0.25, 0.3) is 0 Å². The Balaban J connectivity index is 2.50. The molecule has 7 heteroatoms. The van der Waals surface area contributed by atoms with Crippen molar-refractivity contribution in [1.82, 2.24) is 0 Å². The Kier molecular flexibility index (Phi) is 5.58. The zero-order chi connectivity index (χ0) is 17.0. The van der Waals surface area contributed by atoms with Crippen molar-refractivity contribution in [2.45, 2.75) is 18.3 Å². The van der Waals surface area contributed by atoms with Crippen LogP contribution in [0.2, 0.25) is 0 Å². The van der Waals surface area contributed by atoms with E-state index in [1.165, 1.54) is 17.0 Å². The van der Waals surface area contributed by atoms with Gasteiger partial charge in [-0.05, 0) is 24.1 Å². The third-order valence-corrected chi connectivity index (χ3v) is 3.63. The predicted molar refractivity (Wildman–Crippen MR) is 91.0 cm³/mol. The van der Waals surface area contributed by atoms with Crippen LogP contribution in [-0.2, 0) is 11.3 Å². The summed E-state index contributed by atoms with van der Waals surface area (Å²) in [5.41, 5.74) is 1.54. The molecule has 0 radical (unpaired) electrons. The van der Waals surface area contributed by atoms with Crippen molar-refractivity contribution in [3.63, 3.8) is 0 Å². The lowest BCUT2D eigenvalue weighted by Crippen LogP contribution is -2.34. The number of carbonyl (C=O) groups is 1. The minimum Gasteiger partial charge on any atom is -0.300 e. The third kappa shape index (κ3) is 4.21. The number of nitro benzene ring substituents is 1. The lowest BCUT2D eigenvalue weighted by Gasteiger charge is -2.23. The zero-order valence-corrected chi connectivity index (χ0v) is 13.8. The summed E-state index contributed by atoms with van der Waals surface area (Å²) >= 11 is 11.4. The van der Waals surface area contributed by atoms with Gasteiger partial charge in [0.15, 0.2) is 4.84 Å². The average molecular weight is 353 g/mol. The highest BCUT2D eigenvalue weighted by Crippen LogP contribution is 2.31. The van der Waals surface area contributed by atoms with Gasteiger partial charge in [-0.1, -0.05) is 59.6 Å². The molecule has 0 aliphatic heterocycles. The lowest BCUT2D eigenvalue weighted by atomic mass is 10.1. The van der Waals surface area contributed by atoms with Crippen LogP contribution in [0.3, 0.4) is 0 Å². The first-order valence-corrected chi connectivity index (χ1v) is 7.66. The molecule has 0 fully saturated rings. The molecule has 23 heavy (non-hydrogen) atoms. The first-order valence-electron chi connectivity index (χ1n) is 6.78. The molecule has 0 saturated carbocycles. The predicted octanol–water partition coefficient (Wildman–Crippen LogP) is 4.24. The number of nitro groups is 1. The van der Waals surface area contributed by atoms with Gasteiger partial charge in [-0.25, -0.2) is 0 Å². The van der Waals surface area contributed by atoms with E-state index in [0.717, 1.165) is 11.1 Å². The van der Waals surface area contributed by atoms with Crippen LogP contribution >= 0.6 is 23.2 Å². The normalized spacial score (nSPS) is 10.6. The molecule has 2 aromatic carbocycles. The maximum Gasteiger partial charge on any atom is 0.293 e. The summed E-state index contributed by atoms with van der Waals surface area (Å²) in [5, 5.41) is 11.3. The number of halogens is 2. The number of benzene rings is 2. The van der Waals surface area contributed by atoms with Gasteiger partial charge in [-0.3, -0.25) is 19.8 Å². The molecule has 0 saturated heterocycles. The summed E-state index contributed by atoms with van der Waals surface area (Å²) in [5.74, 6) is -0.607. The second-order valence-corrected chi connectivity index (χ2v) is 6.06. The van der Waals surface area contributed by atoms with Crippen LogP contribution in [0, 0.1) is 17.0 Å². The minimum atomic E-state index is -1.31. The van der Waals surface area contributed by atoms with E-state index >= 15 is 0 Å². The van der Waals surface area contributed by atoms with E-state index in [1.54, 1.807) is 13.0 Å². The number of aryl methyl sites for hydroxylation is 1. The van der Waals surface area contributed by atoms with Crippen LogP contribution in [0.1, 0.15) is 11.1 Å². The molecule has 1 amide bonds. The fourth-order valence-corrected chi connectivity index (χ4v) is 2.41. The Morgan fingerprint density at radius 1 is 1.22 bits per heavy atom. The molecule has 0 unspecified atom stereocenters. The highest BCUT2D eigenvalue weighted by Gasteiger charge is 2.28. The quantitative estimate of drug-likeness (QED) is 0.459. The van der Waals surface area contributed by atoms with Crippen molar-refractivity contribution in [3.8, 4) is 0 Å². The van der Waals surface area contributed by atoms with Crippen LogP contribution in [0.5, 0.6) is 0 Å². The largest absolute Gasteiger partial charge is 0.300 e. The zero-order valence-electron chi connectivity index (χ0n) is 12.3. The maximum atomic E-state index is 12.3. The van der Waals surface area contributed by atoms with Crippen molar-refractivity contribution in [3.05, 3.63) is 69.8 Å². The summed E-state index contributed by atoms with van der Waals surface area (Å²) < 4.78 is 0. The van der Waals surface area contributed by atoms with E-state index < -0.39 is 15.7 Å². The van der Waals surface area contributed by atoms with E-state index in [9.17, 15) is 14.9 Å². The molecule has 5 nitrogen and oxygen atoms in total. The van der Waals surface area contributed by atoms with Crippen LogP contribution in [0.15, 0.2) is 48.5 Å². The highest BCUT2D eigenvalue weighted by molar-refractivity contribution is 6.54. The summed E-state index contributed by atoms with van der Waals surface area (Å²) in [6.07, 6.45) is 0. The Hall–Kier alpha value is -2.11. The van der Waals surface area contributed by atoms with Gasteiger partial charge >= 0.3 is 0 Å². The first kappa shape index (κ1) is 17.2. The molecule has 0 aliphatic rings. The Morgan fingerprint density at radius 2 is 1.87 bits per heavy atom. The van der Waals surface area contributed by atoms with E-state index in [0.29, 0.717) is 0 Å². The van der Waals surface area contributed by atoms with E-state index in [2.05, 4.69) is 0 Å². The maximum absolute atomic E-state index is 12.3. The second-order valence-electron chi connectivity index (χ2n) is 4.96. The van der Waals surface area contributed by atoms with Gasteiger partial charge in [0.05, 0.1) is 11.5 Å². The summed E-state index contributed by atoms with van der Waals surface area (Å²) in [7, 11) is 0. The first-order chi connectivity index (χ1) is 10.9. The number of alkyl halides is 2. The summed E-state index contributed by atoms with van der Waals surface area (Å²) in [6, 6.07) is 13.8.